The maximum Gasteiger partial charge on any atom is 0.242 e. The molecule has 1 atom stereocenters. The number of halogens is 1. The highest BCUT2D eigenvalue weighted by Crippen LogP contribution is 2.00. The molecule has 0 aromatic heterocycles. The van der Waals surface area contributed by atoms with Crippen LogP contribution in [0, 0.1) is 0 Å². The van der Waals surface area contributed by atoms with Gasteiger partial charge in [0.25, 0.3) is 0 Å². The van der Waals surface area contributed by atoms with Gasteiger partial charge in [0.1, 0.15) is 6.34 Å². The summed E-state index contributed by atoms with van der Waals surface area (Å²) in [5.41, 5.74) is 0. The highest BCUT2D eigenvalue weighted by molar-refractivity contribution is 6.19. The molecule has 0 aromatic rings. The van der Waals surface area contributed by atoms with Crippen LogP contribution >= 0.6 is 11.8 Å². The molecule has 1 rings (SSSR count). The van der Waals surface area contributed by atoms with E-state index in [9.17, 15) is 0 Å². The number of aliphatic hydroxyl groups excluding tert-OH is 1. The van der Waals surface area contributed by atoms with E-state index < -0.39 is 6.35 Å². The van der Waals surface area contributed by atoms with Crippen molar-refractivity contribution in [3.05, 3.63) is 0 Å². The average molecular weight is 133 g/mol. The predicted molar refractivity (Wildman–Crippen MR) is 29.6 cm³/mol. The largest absolute Gasteiger partial charge is 0.354 e. The summed E-state index contributed by atoms with van der Waals surface area (Å²) in [7, 11) is 0. The molecule has 0 fully saturated rings. The number of hydrogen-bond acceptors (Lipinski definition) is 4. The van der Waals surface area contributed by atoms with E-state index in [1.807, 2.05) is 0 Å². The summed E-state index contributed by atoms with van der Waals surface area (Å²) in [6.45, 7) is 0. The van der Waals surface area contributed by atoms with Crippen molar-refractivity contribution in [1.82, 2.24) is 4.42 Å². The van der Waals surface area contributed by atoms with Gasteiger partial charge in [-0.15, -0.1) is 0 Å². The zero-order valence-electron chi connectivity index (χ0n) is 3.82. The molecule has 0 aliphatic carbocycles. The van der Waals surface area contributed by atoms with Gasteiger partial charge < -0.3 is 5.11 Å². The fourth-order valence-corrected chi connectivity index (χ4v) is 0.378. The quantitative estimate of drug-likeness (QED) is 0.459. The van der Waals surface area contributed by atoms with Crippen LogP contribution in [-0.2, 0) is 0 Å². The Labute approximate surface area is 51.2 Å². The van der Waals surface area contributed by atoms with Crippen LogP contribution < -0.4 is 0 Å². The van der Waals surface area contributed by atoms with Gasteiger partial charge in [-0.2, -0.15) is 0 Å². The van der Waals surface area contributed by atoms with Crippen molar-refractivity contribution in [3.63, 3.8) is 0 Å². The highest BCUT2D eigenvalue weighted by atomic mass is 35.5. The van der Waals surface area contributed by atoms with Crippen molar-refractivity contribution in [2.45, 2.75) is 6.35 Å². The van der Waals surface area contributed by atoms with Crippen LogP contribution in [-0.4, -0.2) is 28.6 Å². The van der Waals surface area contributed by atoms with Crippen LogP contribution in [0.4, 0.5) is 0 Å². The molecule has 1 unspecified atom stereocenters. The van der Waals surface area contributed by atoms with E-state index in [0.29, 0.717) is 0 Å². The molecule has 43 valence electrons. The summed E-state index contributed by atoms with van der Waals surface area (Å²) in [4.78, 5) is 6.81. The molecule has 0 aromatic carbocycles. The third-order valence-electron chi connectivity index (χ3n) is 0.614. The fraction of sp³-hybridized carbons (Fsp3) is 0.333. The van der Waals surface area contributed by atoms with E-state index in [4.69, 9.17) is 16.9 Å². The van der Waals surface area contributed by atoms with Gasteiger partial charge in [0.05, 0.1) is 0 Å². The molecule has 1 aliphatic heterocycles. The van der Waals surface area contributed by atoms with Crippen LogP contribution in [0.1, 0.15) is 0 Å². The zero-order valence-corrected chi connectivity index (χ0v) is 4.58. The molecule has 0 spiro atoms. The van der Waals surface area contributed by atoms with Gasteiger partial charge >= 0.3 is 0 Å². The first-order valence-electron chi connectivity index (χ1n) is 1.91. The lowest BCUT2D eigenvalue weighted by Gasteiger charge is -2.12. The molecule has 0 saturated heterocycles. The smallest absolute Gasteiger partial charge is 0.242 e. The highest BCUT2D eigenvalue weighted by Gasteiger charge is 2.09. The SMILES string of the molecule is OC1N=CN=[C]N1Cl. The summed E-state index contributed by atoms with van der Waals surface area (Å²) in [6, 6.07) is 0. The summed E-state index contributed by atoms with van der Waals surface area (Å²) >= 11 is 5.23. The van der Waals surface area contributed by atoms with Gasteiger partial charge in [0.2, 0.25) is 6.35 Å². The van der Waals surface area contributed by atoms with E-state index in [0.717, 1.165) is 4.42 Å². The molecule has 1 aliphatic rings. The Bertz CT molecular complexity index is 118. The number of hydrogen-bond donors (Lipinski definition) is 1. The molecule has 4 nitrogen and oxygen atoms in total. The van der Waals surface area contributed by atoms with Crippen molar-refractivity contribution in [1.29, 1.82) is 0 Å². The maximum atomic E-state index is 8.65. The third kappa shape index (κ3) is 0.962. The monoisotopic (exact) mass is 132 g/mol. The number of aliphatic hydroxyl groups is 1. The Morgan fingerprint density at radius 2 is 2.62 bits per heavy atom. The van der Waals surface area contributed by atoms with E-state index in [2.05, 4.69) is 16.3 Å². The summed E-state index contributed by atoms with van der Waals surface area (Å²) < 4.78 is 0.847. The Morgan fingerprint density at radius 3 is 3.00 bits per heavy atom. The van der Waals surface area contributed by atoms with Crippen molar-refractivity contribution in [2.24, 2.45) is 9.98 Å². The van der Waals surface area contributed by atoms with Gasteiger partial charge in [-0.25, -0.2) is 14.4 Å². The van der Waals surface area contributed by atoms with Gasteiger partial charge in [-0.3, -0.25) is 0 Å². The molecule has 5 heteroatoms. The van der Waals surface area contributed by atoms with E-state index in [1.54, 1.807) is 0 Å². The fourth-order valence-electron chi connectivity index (χ4n) is 0.284. The molecule has 1 heterocycles. The molecule has 8 heavy (non-hydrogen) atoms. The standard InChI is InChI=1S/C3H3ClN3O/c4-7-2-5-1-6-3(7)8/h1,3,8H. The molecule has 0 bridgehead atoms. The van der Waals surface area contributed by atoms with Gasteiger partial charge in [-0.05, 0) is 0 Å². The zero-order chi connectivity index (χ0) is 5.98. The number of nitrogens with zero attached hydrogens (tertiary/aromatic N) is 3. The average Bonchev–Trinajstić information content (AvgIpc) is 1.77. The molecule has 0 saturated carbocycles. The van der Waals surface area contributed by atoms with Gasteiger partial charge in [-0.1, -0.05) is 0 Å². The summed E-state index contributed by atoms with van der Waals surface area (Å²) in [5, 5.41) is 8.65. The van der Waals surface area contributed by atoms with Crippen LogP contribution in [0.3, 0.4) is 0 Å². The molecular formula is C3H3ClN3O. The first-order valence-corrected chi connectivity index (χ1v) is 2.25. The van der Waals surface area contributed by atoms with E-state index in [-0.39, 0.29) is 0 Å². The number of rotatable bonds is 0. The van der Waals surface area contributed by atoms with Crippen molar-refractivity contribution >= 4 is 24.5 Å². The van der Waals surface area contributed by atoms with Gasteiger partial charge in [0.15, 0.2) is 6.34 Å². The second-order valence-electron chi connectivity index (χ2n) is 1.15. The second-order valence-corrected chi connectivity index (χ2v) is 1.52. The summed E-state index contributed by atoms with van der Waals surface area (Å²) in [6.07, 6.45) is 2.41. The first-order chi connectivity index (χ1) is 3.80. The Kier molecular flexibility index (Phi) is 1.45. The lowest BCUT2D eigenvalue weighted by Crippen LogP contribution is -2.25. The van der Waals surface area contributed by atoms with E-state index in [1.165, 1.54) is 6.34 Å². The topological polar surface area (TPSA) is 48.2 Å². The minimum atomic E-state index is -1.03. The van der Waals surface area contributed by atoms with Crippen LogP contribution in [0.15, 0.2) is 9.98 Å². The Balaban J connectivity index is 2.59. The number of aliphatic imine (C=N–C) groups is 2. The Hall–Kier alpha value is -0.610. The second kappa shape index (κ2) is 2.11. The molecule has 1 N–H and O–H groups in total. The van der Waals surface area contributed by atoms with Crippen molar-refractivity contribution in [3.8, 4) is 0 Å². The normalized spacial score (nSPS) is 26.8. The molecule has 0 amide bonds. The summed E-state index contributed by atoms with van der Waals surface area (Å²) in [5.74, 6) is 0. The maximum absolute atomic E-state index is 8.65. The van der Waals surface area contributed by atoms with Crippen molar-refractivity contribution < 1.29 is 5.11 Å². The van der Waals surface area contributed by atoms with Gasteiger partial charge in [0, 0.05) is 11.8 Å². The predicted octanol–water partition coefficient (Wildman–Crippen LogP) is -0.335. The van der Waals surface area contributed by atoms with Crippen molar-refractivity contribution in [2.75, 3.05) is 0 Å². The lowest BCUT2D eigenvalue weighted by molar-refractivity contribution is 0.115. The first kappa shape index (κ1) is 5.53. The van der Waals surface area contributed by atoms with E-state index >= 15 is 0 Å². The lowest BCUT2D eigenvalue weighted by atomic mass is 10.9. The minimum absolute atomic E-state index is 0.847. The third-order valence-corrected chi connectivity index (χ3v) is 0.864. The van der Waals surface area contributed by atoms with Crippen LogP contribution in [0.5, 0.6) is 0 Å². The van der Waals surface area contributed by atoms with Crippen LogP contribution in [0.2, 0.25) is 0 Å². The molecule has 1 radical (unpaired) electrons. The molecular weight excluding hydrogens is 130 g/mol. The minimum Gasteiger partial charge on any atom is -0.354 e. The van der Waals surface area contributed by atoms with Crippen LogP contribution in [0.25, 0.3) is 0 Å². The Morgan fingerprint density at radius 1 is 1.88 bits per heavy atom.